The maximum absolute atomic E-state index is 4.97. The molecule has 1 rings (SSSR count). The lowest BCUT2D eigenvalue weighted by molar-refractivity contribution is 0.224. The molecule has 1 fully saturated rings. The molecule has 0 aromatic rings. The van der Waals surface area contributed by atoms with Crippen molar-refractivity contribution in [3.8, 4) is 0 Å². The van der Waals surface area contributed by atoms with Crippen LogP contribution in [0.15, 0.2) is 11.1 Å². The van der Waals surface area contributed by atoms with Crippen molar-refractivity contribution in [2.45, 2.75) is 6.92 Å². The summed E-state index contributed by atoms with van der Waals surface area (Å²) in [5, 5.41) is 3.19. The van der Waals surface area contributed by atoms with Gasteiger partial charge in [0.1, 0.15) is 0 Å². The first-order valence-corrected chi connectivity index (χ1v) is 3.21. The molecule has 2 nitrogen and oxygen atoms in total. The zero-order valence-electron chi connectivity index (χ0n) is 6.03. The van der Waals surface area contributed by atoms with E-state index in [2.05, 4.69) is 12.2 Å². The number of hydrogen-bond acceptors (Lipinski definition) is 2. The zero-order chi connectivity index (χ0) is 6.69. The summed E-state index contributed by atoms with van der Waals surface area (Å²) in [6.07, 6.45) is 0. The van der Waals surface area contributed by atoms with E-state index < -0.39 is 0 Å². The summed E-state index contributed by atoms with van der Waals surface area (Å²) in [6.45, 7) is 5.04. The minimum atomic E-state index is 0.789. The number of nitrogens with one attached hydrogen (secondary N) is 1. The fourth-order valence-corrected chi connectivity index (χ4v) is 0.870. The molecule has 1 N–H and O–H groups in total. The lowest BCUT2D eigenvalue weighted by Crippen LogP contribution is -2.35. The van der Waals surface area contributed by atoms with Crippen LogP contribution in [0.1, 0.15) is 6.92 Å². The smallest absolute Gasteiger partial charge is 0.0673 e. The zero-order valence-corrected chi connectivity index (χ0v) is 6.03. The third-order valence-corrected chi connectivity index (χ3v) is 1.64. The third kappa shape index (κ3) is 1.53. The van der Waals surface area contributed by atoms with Crippen molar-refractivity contribution in [1.82, 2.24) is 5.32 Å². The summed E-state index contributed by atoms with van der Waals surface area (Å²) in [4.78, 5) is 0. The van der Waals surface area contributed by atoms with Crippen LogP contribution >= 0.6 is 0 Å². The van der Waals surface area contributed by atoms with Crippen LogP contribution in [0.25, 0.3) is 0 Å². The molecular formula is C7H13NO. The van der Waals surface area contributed by atoms with Crippen LogP contribution < -0.4 is 5.32 Å². The van der Waals surface area contributed by atoms with Gasteiger partial charge in [0.25, 0.3) is 0 Å². The molecule has 0 aromatic heterocycles. The van der Waals surface area contributed by atoms with E-state index in [0.717, 1.165) is 19.7 Å². The lowest BCUT2D eigenvalue weighted by atomic mass is 10.1. The predicted octanol–water partition coefficient (Wildman–Crippen LogP) is 0.552. The molecule has 2 heteroatoms. The van der Waals surface area contributed by atoms with Gasteiger partial charge in [-0.25, -0.2) is 0 Å². The molecular weight excluding hydrogens is 114 g/mol. The van der Waals surface area contributed by atoms with Gasteiger partial charge in [-0.2, -0.15) is 0 Å². The van der Waals surface area contributed by atoms with Crippen LogP contribution in [0.3, 0.4) is 0 Å². The molecule has 1 saturated heterocycles. The Morgan fingerprint density at radius 3 is 2.67 bits per heavy atom. The highest BCUT2D eigenvalue weighted by molar-refractivity contribution is 5.21. The van der Waals surface area contributed by atoms with Gasteiger partial charge in [-0.1, -0.05) is 0 Å². The van der Waals surface area contributed by atoms with Gasteiger partial charge in [0, 0.05) is 20.2 Å². The van der Waals surface area contributed by atoms with E-state index in [4.69, 9.17) is 4.74 Å². The van der Waals surface area contributed by atoms with Crippen LogP contribution in [0, 0.1) is 0 Å². The highest BCUT2D eigenvalue weighted by Gasteiger charge is 2.09. The Kier molecular flexibility index (Phi) is 2.25. The van der Waals surface area contributed by atoms with Gasteiger partial charge in [0.05, 0.1) is 6.61 Å². The van der Waals surface area contributed by atoms with E-state index in [1.807, 2.05) is 0 Å². The second kappa shape index (κ2) is 2.99. The Labute approximate surface area is 55.9 Å². The molecule has 0 aromatic carbocycles. The van der Waals surface area contributed by atoms with Crippen LogP contribution in [-0.2, 0) is 4.74 Å². The number of methoxy groups -OCH3 is 1. The first-order valence-electron chi connectivity index (χ1n) is 3.21. The van der Waals surface area contributed by atoms with E-state index in [-0.39, 0.29) is 0 Å². The second-order valence-corrected chi connectivity index (χ2v) is 2.42. The molecule has 0 unspecified atom stereocenters. The summed E-state index contributed by atoms with van der Waals surface area (Å²) >= 11 is 0. The van der Waals surface area contributed by atoms with Gasteiger partial charge in [-0.05, 0) is 18.1 Å². The minimum absolute atomic E-state index is 0.789. The standard InChI is InChI=1S/C7H13NO/c1-6(5-9-2)7-3-8-4-7/h8H,3-5H2,1-2H3. The Hall–Kier alpha value is -0.340. The maximum atomic E-state index is 4.97. The summed E-state index contributed by atoms with van der Waals surface area (Å²) < 4.78 is 4.97. The van der Waals surface area contributed by atoms with Gasteiger partial charge in [0.2, 0.25) is 0 Å². The molecule has 0 bridgehead atoms. The van der Waals surface area contributed by atoms with Crippen molar-refractivity contribution in [1.29, 1.82) is 0 Å². The van der Waals surface area contributed by atoms with Gasteiger partial charge < -0.3 is 10.1 Å². The average molecular weight is 127 g/mol. The first kappa shape index (κ1) is 6.78. The Morgan fingerprint density at radius 2 is 2.33 bits per heavy atom. The highest BCUT2D eigenvalue weighted by atomic mass is 16.5. The minimum Gasteiger partial charge on any atom is -0.380 e. The molecule has 1 aliphatic rings. The third-order valence-electron chi connectivity index (χ3n) is 1.64. The summed E-state index contributed by atoms with van der Waals surface area (Å²) in [5.41, 5.74) is 2.90. The molecule has 0 atom stereocenters. The van der Waals surface area contributed by atoms with E-state index >= 15 is 0 Å². The lowest BCUT2D eigenvalue weighted by Gasteiger charge is -2.21. The van der Waals surface area contributed by atoms with Crippen LogP contribution in [0.4, 0.5) is 0 Å². The van der Waals surface area contributed by atoms with Crippen molar-refractivity contribution in [3.05, 3.63) is 11.1 Å². The Morgan fingerprint density at radius 1 is 1.67 bits per heavy atom. The summed E-state index contributed by atoms with van der Waals surface area (Å²) in [7, 11) is 1.73. The normalized spacial score (nSPS) is 17.3. The molecule has 52 valence electrons. The average Bonchev–Trinajstić information content (AvgIpc) is 1.60. The van der Waals surface area contributed by atoms with Crippen molar-refractivity contribution in [2.24, 2.45) is 0 Å². The number of ether oxygens (including phenoxy) is 1. The fraction of sp³-hybridized carbons (Fsp3) is 0.714. The second-order valence-electron chi connectivity index (χ2n) is 2.42. The van der Waals surface area contributed by atoms with Crippen molar-refractivity contribution >= 4 is 0 Å². The fourth-order valence-electron chi connectivity index (χ4n) is 0.870. The largest absolute Gasteiger partial charge is 0.380 e. The Balaban J connectivity index is 2.36. The molecule has 1 aliphatic heterocycles. The van der Waals surface area contributed by atoms with Crippen molar-refractivity contribution < 1.29 is 4.74 Å². The first-order chi connectivity index (χ1) is 4.34. The van der Waals surface area contributed by atoms with Crippen LogP contribution in [-0.4, -0.2) is 26.8 Å². The van der Waals surface area contributed by atoms with E-state index in [1.165, 1.54) is 11.1 Å². The van der Waals surface area contributed by atoms with Gasteiger partial charge in [-0.3, -0.25) is 0 Å². The summed E-state index contributed by atoms with van der Waals surface area (Å²) in [5.74, 6) is 0. The van der Waals surface area contributed by atoms with Gasteiger partial charge >= 0.3 is 0 Å². The van der Waals surface area contributed by atoms with Gasteiger partial charge in [-0.15, -0.1) is 0 Å². The molecule has 0 saturated carbocycles. The molecule has 0 radical (unpaired) electrons. The number of hydrogen-bond donors (Lipinski definition) is 1. The SMILES string of the molecule is COCC(C)=C1CNC1. The van der Waals surface area contributed by atoms with Gasteiger partial charge in [0.15, 0.2) is 0 Å². The molecule has 9 heavy (non-hydrogen) atoms. The van der Waals surface area contributed by atoms with E-state index in [0.29, 0.717) is 0 Å². The molecule has 0 aliphatic carbocycles. The predicted molar refractivity (Wildman–Crippen MR) is 37.4 cm³/mol. The maximum Gasteiger partial charge on any atom is 0.0673 e. The molecule has 0 spiro atoms. The Bertz CT molecular complexity index is 123. The van der Waals surface area contributed by atoms with Crippen molar-refractivity contribution in [2.75, 3.05) is 26.8 Å². The van der Waals surface area contributed by atoms with E-state index in [9.17, 15) is 0 Å². The molecule has 0 amide bonds. The van der Waals surface area contributed by atoms with Crippen molar-refractivity contribution in [3.63, 3.8) is 0 Å². The highest BCUT2D eigenvalue weighted by Crippen LogP contribution is 2.07. The topological polar surface area (TPSA) is 21.3 Å². The molecule has 1 heterocycles. The quantitative estimate of drug-likeness (QED) is 0.547. The number of rotatable bonds is 2. The van der Waals surface area contributed by atoms with Crippen LogP contribution in [0.2, 0.25) is 0 Å². The van der Waals surface area contributed by atoms with E-state index in [1.54, 1.807) is 7.11 Å². The van der Waals surface area contributed by atoms with Crippen LogP contribution in [0.5, 0.6) is 0 Å². The summed E-state index contributed by atoms with van der Waals surface area (Å²) in [6, 6.07) is 0. The monoisotopic (exact) mass is 127 g/mol.